The Morgan fingerprint density at radius 2 is 1.12 bits per heavy atom. The second kappa shape index (κ2) is 39.8. The van der Waals surface area contributed by atoms with Crippen LogP contribution < -0.4 is 32.3 Å². The molecule has 64 heavy (non-hydrogen) atoms. The molecular formula is C40H69N9O15. The van der Waals surface area contributed by atoms with Gasteiger partial charge in [0.1, 0.15) is 25.3 Å². The highest BCUT2D eigenvalue weighted by Crippen LogP contribution is 2.12. The van der Waals surface area contributed by atoms with E-state index >= 15 is 0 Å². The van der Waals surface area contributed by atoms with Gasteiger partial charge in [0.25, 0.3) is 0 Å². The molecule has 0 saturated heterocycles. The van der Waals surface area contributed by atoms with Crippen molar-refractivity contribution in [3.8, 4) is 0 Å². The quantitative estimate of drug-likeness (QED) is 0.0193. The Morgan fingerprint density at radius 1 is 0.641 bits per heavy atom. The standard InChI is InChI=1S/C40H69N9O15/c1-31(2)37(39(54)47-34(4-3-9-44-40(41)55)38(53)46-33-7-5-32(28-50)6-8-33)48-36(52)30-64-29-35(51)43-10-12-56-14-16-58-18-20-60-22-24-62-26-27-63-25-23-61-21-19-59-17-15-57-13-11-45-49-42/h5-8,31,34,37,50H,3-4,9-30H2,1-2H3,(H,43,51)(H,46,53)(H,47,54)(H,48,52)(H3,41,44,55)/t34-,37?/m0/s1. The number of nitrogens with one attached hydrogen (secondary N) is 5. The highest BCUT2D eigenvalue weighted by molar-refractivity contribution is 5.98. The number of urea groups is 1. The molecule has 8 N–H and O–H groups in total. The lowest BCUT2D eigenvalue weighted by Crippen LogP contribution is -2.55. The number of azide groups is 1. The van der Waals surface area contributed by atoms with Crippen molar-refractivity contribution in [3.05, 3.63) is 40.3 Å². The van der Waals surface area contributed by atoms with Crippen molar-refractivity contribution in [2.45, 2.75) is 45.4 Å². The fourth-order valence-electron chi connectivity index (χ4n) is 5.06. The van der Waals surface area contributed by atoms with E-state index in [1.807, 2.05) is 0 Å². The van der Waals surface area contributed by atoms with E-state index in [0.717, 1.165) is 0 Å². The average molecular weight is 916 g/mol. The number of benzene rings is 1. The van der Waals surface area contributed by atoms with Crippen LogP contribution in [0.3, 0.4) is 0 Å². The normalized spacial score (nSPS) is 11.9. The number of hydrogen-bond acceptors (Lipinski definition) is 16. The number of ether oxygens (including phenoxy) is 9. The van der Waals surface area contributed by atoms with Crippen LogP contribution in [0.2, 0.25) is 0 Å². The number of hydrogen-bond donors (Lipinski definition) is 7. The van der Waals surface area contributed by atoms with Gasteiger partial charge in [0.05, 0.1) is 112 Å². The van der Waals surface area contributed by atoms with Crippen molar-refractivity contribution in [3.63, 3.8) is 0 Å². The maximum absolute atomic E-state index is 13.3. The molecule has 0 spiro atoms. The number of aliphatic hydroxyl groups is 1. The SMILES string of the molecule is CC(C)C(NC(=O)COCC(=O)NCCOCCOCCOCCOCCOCCOCCOCCOCCN=[N+]=[N-])C(=O)N[C@@H](CCCNC(N)=O)C(=O)Nc1ccc(CO)cc1. The van der Waals surface area contributed by atoms with Gasteiger partial charge >= 0.3 is 6.03 Å². The van der Waals surface area contributed by atoms with Crippen molar-refractivity contribution in [1.29, 1.82) is 0 Å². The molecule has 0 aromatic heterocycles. The number of carbonyl (C=O) groups excluding carboxylic acids is 5. The van der Waals surface area contributed by atoms with Crippen LogP contribution in [-0.4, -0.2) is 185 Å². The number of primary amides is 1. The van der Waals surface area contributed by atoms with E-state index in [0.29, 0.717) is 123 Å². The van der Waals surface area contributed by atoms with Crippen LogP contribution in [0.1, 0.15) is 32.3 Å². The summed E-state index contributed by atoms with van der Waals surface area (Å²) in [6, 6.07) is 3.73. The van der Waals surface area contributed by atoms with Gasteiger partial charge in [-0.1, -0.05) is 31.1 Å². The Hall–Kier alpha value is -4.72. The summed E-state index contributed by atoms with van der Waals surface area (Å²) >= 11 is 0. The van der Waals surface area contributed by atoms with Crippen LogP contribution in [0, 0.1) is 5.92 Å². The molecule has 6 amide bonds. The van der Waals surface area contributed by atoms with Crippen LogP contribution in [0.4, 0.5) is 10.5 Å². The first-order chi connectivity index (χ1) is 31.1. The van der Waals surface area contributed by atoms with Crippen LogP contribution in [0.5, 0.6) is 0 Å². The van der Waals surface area contributed by atoms with Crippen molar-refractivity contribution in [1.82, 2.24) is 21.3 Å². The van der Waals surface area contributed by atoms with E-state index < -0.39 is 55.0 Å². The van der Waals surface area contributed by atoms with E-state index in [1.54, 1.807) is 38.1 Å². The summed E-state index contributed by atoms with van der Waals surface area (Å²) in [6.07, 6.45) is 0.462. The first-order valence-corrected chi connectivity index (χ1v) is 21.2. The molecule has 0 aliphatic heterocycles. The second-order valence-corrected chi connectivity index (χ2v) is 13.8. The van der Waals surface area contributed by atoms with Crippen molar-refractivity contribution >= 4 is 35.3 Å². The number of rotatable bonds is 42. The maximum atomic E-state index is 13.3. The van der Waals surface area contributed by atoms with Gasteiger partial charge in [0.15, 0.2) is 0 Å². The number of nitrogens with two attached hydrogens (primary N) is 1. The summed E-state index contributed by atoms with van der Waals surface area (Å²) in [4.78, 5) is 65.0. The van der Waals surface area contributed by atoms with Crippen molar-refractivity contribution < 1.29 is 71.7 Å². The predicted octanol–water partition coefficient (Wildman–Crippen LogP) is -0.233. The molecule has 0 aliphatic rings. The Kier molecular flexibility index (Phi) is 35.7. The summed E-state index contributed by atoms with van der Waals surface area (Å²) in [5, 5.41) is 25.7. The second-order valence-electron chi connectivity index (χ2n) is 13.8. The number of carbonyl (C=O) groups is 5. The molecule has 364 valence electrons. The third kappa shape index (κ3) is 32.9. The molecule has 0 radical (unpaired) electrons. The predicted molar refractivity (Wildman–Crippen MR) is 231 cm³/mol. The van der Waals surface area contributed by atoms with E-state index in [-0.39, 0.29) is 38.6 Å². The molecule has 0 fully saturated rings. The van der Waals surface area contributed by atoms with Gasteiger partial charge in [-0.3, -0.25) is 19.2 Å². The summed E-state index contributed by atoms with van der Waals surface area (Å²) in [5.41, 5.74) is 14.4. The molecule has 1 rings (SSSR count). The maximum Gasteiger partial charge on any atom is 0.312 e. The Bertz CT molecular complexity index is 1460. The van der Waals surface area contributed by atoms with Crippen LogP contribution >= 0.6 is 0 Å². The first kappa shape index (κ1) is 57.3. The zero-order chi connectivity index (χ0) is 46.9. The average Bonchev–Trinajstić information content (AvgIpc) is 3.27. The van der Waals surface area contributed by atoms with Gasteiger partial charge in [0.2, 0.25) is 23.6 Å². The number of aliphatic hydroxyl groups excluding tert-OH is 1. The topological polar surface area (TPSA) is 324 Å². The molecule has 2 atom stereocenters. The molecule has 1 unspecified atom stereocenters. The lowest BCUT2D eigenvalue weighted by Gasteiger charge is -2.25. The van der Waals surface area contributed by atoms with E-state index in [1.165, 1.54) is 0 Å². The van der Waals surface area contributed by atoms with E-state index in [4.69, 9.17) is 53.9 Å². The van der Waals surface area contributed by atoms with Gasteiger partial charge in [-0.2, -0.15) is 0 Å². The highest BCUT2D eigenvalue weighted by Gasteiger charge is 2.29. The van der Waals surface area contributed by atoms with Crippen molar-refractivity contribution in [2.75, 3.05) is 144 Å². The summed E-state index contributed by atoms with van der Waals surface area (Å²) in [5.74, 6) is -2.61. The van der Waals surface area contributed by atoms with E-state index in [9.17, 15) is 29.1 Å². The lowest BCUT2D eigenvalue weighted by molar-refractivity contribution is -0.135. The number of anilines is 1. The zero-order valence-electron chi connectivity index (χ0n) is 37.1. The third-order valence-corrected chi connectivity index (χ3v) is 8.31. The lowest BCUT2D eigenvalue weighted by atomic mass is 10.0. The van der Waals surface area contributed by atoms with Crippen molar-refractivity contribution in [2.24, 2.45) is 16.8 Å². The molecule has 0 aliphatic carbocycles. The number of amides is 6. The first-order valence-electron chi connectivity index (χ1n) is 21.2. The van der Waals surface area contributed by atoms with Crippen LogP contribution in [0.15, 0.2) is 29.4 Å². The smallest absolute Gasteiger partial charge is 0.312 e. The van der Waals surface area contributed by atoms with Gasteiger partial charge in [-0.15, -0.1) is 0 Å². The Balaban J connectivity index is 2.09. The Labute approximate surface area is 374 Å². The Morgan fingerprint density at radius 3 is 1.59 bits per heavy atom. The molecular weight excluding hydrogens is 846 g/mol. The van der Waals surface area contributed by atoms with E-state index in [2.05, 4.69) is 36.6 Å². The van der Waals surface area contributed by atoms with Crippen LogP contribution in [0.25, 0.3) is 10.4 Å². The fraction of sp³-hybridized carbons (Fsp3) is 0.725. The molecule has 0 heterocycles. The molecule has 0 saturated carbocycles. The largest absolute Gasteiger partial charge is 0.392 e. The molecule has 1 aromatic carbocycles. The minimum absolute atomic E-state index is 0.148. The summed E-state index contributed by atoms with van der Waals surface area (Å²) < 4.78 is 48.5. The molecule has 24 nitrogen and oxygen atoms in total. The van der Waals surface area contributed by atoms with Gasteiger partial charge < -0.3 is 80.1 Å². The zero-order valence-corrected chi connectivity index (χ0v) is 37.1. The molecule has 0 bridgehead atoms. The van der Waals surface area contributed by atoms with Crippen LogP contribution in [-0.2, 0) is 68.4 Å². The third-order valence-electron chi connectivity index (χ3n) is 8.31. The number of nitrogens with zero attached hydrogens (tertiary/aromatic N) is 3. The monoisotopic (exact) mass is 915 g/mol. The highest BCUT2D eigenvalue weighted by atomic mass is 16.6. The van der Waals surface area contributed by atoms with Gasteiger partial charge in [-0.25, -0.2) is 4.79 Å². The summed E-state index contributed by atoms with van der Waals surface area (Å²) in [6.45, 7) is 9.49. The molecule has 1 aromatic rings. The van der Waals surface area contributed by atoms with Gasteiger partial charge in [-0.05, 0) is 42.0 Å². The van der Waals surface area contributed by atoms with Gasteiger partial charge in [0, 0.05) is 30.2 Å². The fourth-order valence-corrected chi connectivity index (χ4v) is 5.06. The minimum atomic E-state index is -1.03. The molecule has 24 heteroatoms. The minimum Gasteiger partial charge on any atom is -0.392 e. The summed E-state index contributed by atoms with van der Waals surface area (Å²) in [7, 11) is 0.